The molecule has 25 nitrogen and oxygen atoms in total. The van der Waals surface area contributed by atoms with Gasteiger partial charge in [-0.3, -0.25) is 32.5 Å². The van der Waals surface area contributed by atoms with Crippen molar-refractivity contribution in [1.29, 1.82) is 0 Å². The number of thioether (sulfide) groups is 1. The van der Waals surface area contributed by atoms with Gasteiger partial charge in [0.25, 0.3) is 0 Å². The van der Waals surface area contributed by atoms with E-state index < -0.39 is 90.7 Å². The minimum atomic E-state index is -5.58. The maximum absolute atomic E-state index is 12.7. The Bertz CT molecular complexity index is 2130. The fraction of sp³-hybridized carbons (Fsp3) is 0.692. The highest BCUT2D eigenvalue weighted by atomic mass is 32.2. The molecule has 8 atom stereocenters. The van der Waals surface area contributed by atoms with Crippen molar-refractivity contribution in [3.05, 3.63) is 37.0 Å². The summed E-state index contributed by atoms with van der Waals surface area (Å²) in [6.45, 7) is 2.66. The van der Waals surface area contributed by atoms with E-state index in [1.165, 1.54) is 33.1 Å². The first-order chi connectivity index (χ1) is 31.9. The third-order valence-corrected chi connectivity index (χ3v) is 14.2. The second-order valence-corrected chi connectivity index (χ2v) is 21.8. The quantitative estimate of drug-likeness (QED) is 0.0278. The fourth-order valence-corrected chi connectivity index (χ4v) is 10.00. The van der Waals surface area contributed by atoms with Crippen molar-refractivity contribution in [3.63, 3.8) is 0 Å². The monoisotopic (exact) mass is 1050 g/mol. The van der Waals surface area contributed by atoms with Crippen LogP contribution < -0.4 is 16.4 Å². The molecule has 1 fully saturated rings. The summed E-state index contributed by atoms with van der Waals surface area (Å²) >= 11 is 1.11. The van der Waals surface area contributed by atoms with Crippen molar-refractivity contribution in [3.8, 4) is 0 Å². The van der Waals surface area contributed by atoms with E-state index in [1.807, 2.05) is 18.2 Å². The number of anilines is 1. The Morgan fingerprint density at radius 2 is 1.62 bits per heavy atom. The molecule has 1 aliphatic heterocycles. The molecule has 68 heavy (non-hydrogen) atoms. The molecule has 2 aromatic rings. The number of carbonyl (C=O) groups excluding carboxylic acids is 3. The van der Waals surface area contributed by atoms with Crippen LogP contribution in [0.3, 0.4) is 0 Å². The molecular weight excluding hydrogens is 979 g/mol. The van der Waals surface area contributed by atoms with Crippen LogP contribution in [-0.4, -0.2) is 134 Å². The first kappa shape index (κ1) is 59.3. The van der Waals surface area contributed by atoms with E-state index in [1.54, 1.807) is 0 Å². The van der Waals surface area contributed by atoms with Gasteiger partial charge in [-0.2, -0.15) is 4.31 Å². The summed E-state index contributed by atoms with van der Waals surface area (Å²) in [5.74, 6) is -1.10. The standard InChI is InChI=1S/C39H66N7O18P3S/c1-4-5-6-7-10-13-16-27(47)17-14-11-8-9-12-15-18-30(49)68-22-21-41-29(48)19-20-42-37(52)34(51)39(2,3)24-61-67(58,59)64-66(56,57)60-23-28-33(63-65(53,54)55)32(50)38(62-28)46-26-45-31-35(40)43-25-44-36(31)46/h10,13-14,17,25-28,32-34,38,47,50-51H,4-9,11-12,15-16,18-24H2,1-3H3,(H,41,48)(H,42,52)(H,56,57)(H,58,59)(H2,40,43,44)(H2,53,54,55)/b13-10+,17-14+. The Morgan fingerprint density at radius 1 is 0.926 bits per heavy atom. The SMILES string of the molecule is CCCCC/C=C/CC(O)/C=C/CCCCCCC(=O)SCCNC(=O)CCNC(=O)C(O)C(C)(C)COP(=O)(O)OP(=O)(O)OCC1OC(n2cnc3c(N)ncnc32)C(O)C1OP(=O)(O)O. The number of nitrogens with one attached hydrogen (secondary N) is 2. The van der Waals surface area contributed by atoms with Crippen molar-refractivity contribution in [1.82, 2.24) is 30.2 Å². The number of hydrogen-bond donors (Lipinski definition) is 10. The van der Waals surface area contributed by atoms with Crippen LogP contribution in [0.2, 0.25) is 0 Å². The molecule has 0 bridgehead atoms. The van der Waals surface area contributed by atoms with Crippen LogP contribution in [0.15, 0.2) is 37.0 Å². The number of hydrogen-bond acceptors (Lipinski definition) is 19. The van der Waals surface area contributed by atoms with Crippen LogP contribution >= 0.6 is 35.2 Å². The van der Waals surface area contributed by atoms with Crippen molar-refractivity contribution in [2.75, 3.05) is 37.8 Å². The zero-order valence-corrected chi connectivity index (χ0v) is 41.7. The molecule has 11 N–H and O–H groups in total. The van der Waals surface area contributed by atoms with E-state index in [9.17, 15) is 63.0 Å². The maximum atomic E-state index is 12.7. The number of unbranched alkanes of at least 4 members (excludes halogenated alkanes) is 7. The van der Waals surface area contributed by atoms with Gasteiger partial charge >= 0.3 is 23.5 Å². The summed E-state index contributed by atoms with van der Waals surface area (Å²) in [5.41, 5.74) is 4.26. The minimum absolute atomic E-state index is 0.0157. The Balaban J connectivity index is 1.31. The molecule has 2 aromatic heterocycles. The molecule has 3 heterocycles. The molecule has 0 spiro atoms. The van der Waals surface area contributed by atoms with E-state index in [2.05, 4.69) is 47.4 Å². The van der Waals surface area contributed by atoms with Crippen molar-refractivity contribution in [2.24, 2.45) is 5.41 Å². The van der Waals surface area contributed by atoms with Crippen LogP contribution in [0.1, 0.15) is 104 Å². The molecule has 386 valence electrons. The number of phosphoric acid groups is 3. The van der Waals surface area contributed by atoms with Gasteiger partial charge in [0.15, 0.2) is 22.8 Å². The number of amides is 2. The van der Waals surface area contributed by atoms with Gasteiger partial charge in [0, 0.05) is 37.1 Å². The fourth-order valence-electron chi connectivity index (χ4n) is 6.45. The van der Waals surface area contributed by atoms with Gasteiger partial charge in [-0.15, -0.1) is 0 Å². The van der Waals surface area contributed by atoms with E-state index in [-0.39, 0.29) is 41.6 Å². The summed E-state index contributed by atoms with van der Waals surface area (Å²) < 4.78 is 62.4. The highest BCUT2D eigenvalue weighted by Gasteiger charge is 2.50. The lowest BCUT2D eigenvalue weighted by Gasteiger charge is -2.30. The van der Waals surface area contributed by atoms with E-state index in [4.69, 9.17) is 19.5 Å². The van der Waals surface area contributed by atoms with Crippen molar-refractivity contribution in [2.45, 2.75) is 135 Å². The second-order valence-electron chi connectivity index (χ2n) is 16.4. The predicted octanol–water partition coefficient (Wildman–Crippen LogP) is 3.45. The third kappa shape index (κ3) is 21.6. The molecule has 0 radical (unpaired) electrons. The van der Waals surface area contributed by atoms with E-state index in [0.29, 0.717) is 18.6 Å². The topological polar surface area (TPSA) is 384 Å². The highest BCUT2D eigenvalue weighted by Crippen LogP contribution is 2.61. The van der Waals surface area contributed by atoms with Crippen LogP contribution in [0, 0.1) is 5.41 Å². The smallest absolute Gasteiger partial charge is 0.389 e. The van der Waals surface area contributed by atoms with Gasteiger partial charge in [0.1, 0.15) is 36.3 Å². The summed E-state index contributed by atoms with van der Waals surface area (Å²) in [5, 5.41) is 36.6. The number of carbonyl (C=O) groups is 3. The van der Waals surface area contributed by atoms with Crippen LogP contribution in [0.4, 0.5) is 5.82 Å². The lowest BCUT2D eigenvalue weighted by Crippen LogP contribution is -2.46. The van der Waals surface area contributed by atoms with Crippen LogP contribution in [0.25, 0.3) is 11.2 Å². The number of fused-ring (bicyclic) bond motifs is 1. The first-order valence-corrected chi connectivity index (χ1v) is 27.5. The summed E-state index contributed by atoms with van der Waals surface area (Å²) in [7, 11) is -16.4. The Hall–Kier alpha value is -3.00. The Labute approximate surface area is 398 Å². The number of allylic oxidation sites excluding steroid dienone is 2. The van der Waals surface area contributed by atoms with Gasteiger partial charge in [0.2, 0.25) is 11.8 Å². The van der Waals surface area contributed by atoms with E-state index >= 15 is 0 Å². The van der Waals surface area contributed by atoms with Gasteiger partial charge in [-0.1, -0.05) is 82.5 Å². The molecule has 0 aliphatic carbocycles. The Kier molecular flexibility index (Phi) is 25.1. The summed E-state index contributed by atoms with van der Waals surface area (Å²) in [4.78, 5) is 88.3. The summed E-state index contributed by atoms with van der Waals surface area (Å²) in [6.07, 6.45) is 10.7. The average molecular weight is 1050 g/mol. The highest BCUT2D eigenvalue weighted by molar-refractivity contribution is 8.13. The molecular formula is C39H66N7O18P3S. The lowest BCUT2D eigenvalue weighted by atomic mass is 9.87. The van der Waals surface area contributed by atoms with Gasteiger partial charge in [-0.05, 0) is 38.5 Å². The zero-order valence-electron chi connectivity index (χ0n) is 38.2. The molecule has 0 saturated carbocycles. The largest absolute Gasteiger partial charge is 0.481 e. The third-order valence-electron chi connectivity index (χ3n) is 10.1. The second kappa shape index (κ2) is 28.7. The molecule has 8 unspecified atom stereocenters. The number of aliphatic hydroxyl groups excluding tert-OH is 3. The molecule has 0 aromatic carbocycles. The molecule has 1 saturated heterocycles. The maximum Gasteiger partial charge on any atom is 0.481 e. The van der Waals surface area contributed by atoms with Crippen molar-refractivity contribution >= 4 is 69.1 Å². The number of nitrogens with two attached hydrogens (primary N) is 1. The average Bonchev–Trinajstić information content (AvgIpc) is 3.82. The van der Waals surface area contributed by atoms with Gasteiger partial charge in [-0.25, -0.2) is 28.6 Å². The number of ether oxygens (including phenoxy) is 1. The molecule has 29 heteroatoms. The number of rotatable bonds is 33. The number of nitrogens with zero attached hydrogens (tertiary/aromatic N) is 4. The first-order valence-electron chi connectivity index (χ1n) is 22.0. The number of phosphoric ester groups is 3. The number of aliphatic hydroxyl groups is 3. The predicted molar refractivity (Wildman–Crippen MR) is 248 cm³/mol. The van der Waals surface area contributed by atoms with Gasteiger partial charge < -0.3 is 56.0 Å². The number of nitrogen functional groups attached to an aromatic ring is 1. The van der Waals surface area contributed by atoms with Crippen LogP contribution in [0.5, 0.6) is 0 Å². The molecule has 1 aliphatic rings. The zero-order chi connectivity index (χ0) is 50.5. The molecule has 3 rings (SSSR count). The van der Waals surface area contributed by atoms with E-state index in [0.717, 1.165) is 67.5 Å². The number of imidazole rings is 1. The van der Waals surface area contributed by atoms with Crippen LogP contribution in [-0.2, 0) is 50.7 Å². The lowest BCUT2D eigenvalue weighted by molar-refractivity contribution is -0.137. The van der Waals surface area contributed by atoms with Crippen molar-refractivity contribution < 1.29 is 85.6 Å². The van der Waals surface area contributed by atoms with Gasteiger partial charge in [0.05, 0.1) is 25.6 Å². The Morgan fingerprint density at radius 3 is 2.34 bits per heavy atom. The normalized spacial score (nSPS) is 20.7. The number of aromatic nitrogens is 4. The molecule has 2 amide bonds. The minimum Gasteiger partial charge on any atom is -0.389 e. The summed E-state index contributed by atoms with van der Waals surface area (Å²) in [6, 6.07) is 0.